The van der Waals surface area contributed by atoms with Crippen molar-refractivity contribution in [1.82, 2.24) is 14.7 Å². The van der Waals surface area contributed by atoms with E-state index in [-0.39, 0.29) is 11.8 Å². The topological polar surface area (TPSA) is 62.3 Å². The van der Waals surface area contributed by atoms with Gasteiger partial charge in [-0.05, 0) is 37.1 Å². The molecule has 2 amide bonds. The fourth-order valence-electron chi connectivity index (χ4n) is 3.53. The summed E-state index contributed by atoms with van der Waals surface area (Å²) in [4.78, 5) is 30.7. The van der Waals surface area contributed by atoms with E-state index in [4.69, 9.17) is 21.1 Å². The molecular formula is C21H30ClN3O4. The van der Waals surface area contributed by atoms with Crippen LogP contribution in [0.2, 0.25) is 5.02 Å². The first kappa shape index (κ1) is 21.9. The number of piperazine rings is 1. The highest BCUT2D eigenvalue weighted by atomic mass is 35.5. The molecule has 1 aromatic rings. The summed E-state index contributed by atoms with van der Waals surface area (Å²) in [5, 5.41) is 0.718. The number of ether oxygens (including phenoxy) is 2. The van der Waals surface area contributed by atoms with Crippen LogP contribution in [0.25, 0.3) is 0 Å². The van der Waals surface area contributed by atoms with Crippen molar-refractivity contribution in [2.75, 3.05) is 65.6 Å². The Balaban J connectivity index is 1.32. The molecule has 0 aliphatic carbocycles. The second-order valence-electron chi connectivity index (χ2n) is 7.51. The van der Waals surface area contributed by atoms with Crippen LogP contribution >= 0.6 is 11.6 Å². The normalized spacial score (nSPS) is 18.0. The van der Waals surface area contributed by atoms with Gasteiger partial charge >= 0.3 is 0 Å². The van der Waals surface area contributed by atoms with Crippen LogP contribution in [0.15, 0.2) is 18.2 Å². The lowest BCUT2D eigenvalue weighted by molar-refractivity contribution is -0.140. The molecule has 3 rings (SSSR count). The predicted octanol–water partition coefficient (Wildman–Crippen LogP) is 1.81. The van der Waals surface area contributed by atoms with E-state index in [0.29, 0.717) is 65.4 Å². The van der Waals surface area contributed by atoms with E-state index in [1.807, 2.05) is 34.9 Å². The first-order valence-electron chi connectivity index (χ1n) is 10.3. The minimum atomic E-state index is 0.126. The van der Waals surface area contributed by atoms with Gasteiger partial charge in [0, 0.05) is 50.7 Å². The smallest absolute Gasteiger partial charge is 0.236 e. The fourth-order valence-corrected chi connectivity index (χ4v) is 3.65. The Morgan fingerprint density at radius 1 is 1.03 bits per heavy atom. The van der Waals surface area contributed by atoms with Gasteiger partial charge in [0.2, 0.25) is 11.8 Å². The molecular weight excluding hydrogens is 394 g/mol. The molecule has 29 heavy (non-hydrogen) atoms. The van der Waals surface area contributed by atoms with E-state index in [2.05, 4.69) is 4.90 Å². The number of amides is 2. The molecule has 2 aliphatic rings. The van der Waals surface area contributed by atoms with Crippen LogP contribution < -0.4 is 4.74 Å². The fraction of sp³-hybridized carbons (Fsp3) is 0.619. The second-order valence-corrected chi connectivity index (χ2v) is 7.92. The minimum Gasteiger partial charge on any atom is -0.494 e. The number of morpholine rings is 1. The number of halogens is 1. The Hall–Kier alpha value is -1.83. The lowest BCUT2D eigenvalue weighted by Crippen LogP contribution is -2.53. The molecule has 2 heterocycles. The zero-order valence-corrected chi connectivity index (χ0v) is 17.8. The Morgan fingerprint density at radius 2 is 1.69 bits per heavy atom. The van der Waals surface area contributed by atoms with Gasteiger partial charge in [-0.25, -0.2) is 0 Å². The van der Waals surface area contributed by atoms with E-state index >= 15 is 0 Å². The third kappa shape index (κ3) is 6.59. The van der Waals surface area contributed by atoms with Crippen LogP contribution in [0.5, 0.6) is 5.75 Å². The number of aryl methyl sites for hydroxylation is 1. The van der Waals surface area contributed by atoms with E-state index in [0.717, 1.165) is 29.4 Å². The number of benzene rings is 1. The first-order valence-corrected chi connectivity index (χ1v) is 10.7. The highest BCUT2D eigenvalue weighted by molar-refractivity contribution is 6.31. The summed E-state index contributed by atoms with van der Waals surface area (Å²) in [6.45, 7) is 8.28. The van der Waals surface area contributed by atoms with Gasteiger partial charge in [-0.15, -0.1) is 0 Å². The Morgan fingerprint density at radius 3 is 2.34 bits per heavy atom. The van der Waals surface area contributed by atoms with Gasteiger partial charge in [0.1, 0.15) is 5.75 Å². The van der Waals surface area contributed by atoms with Gasteiger partial charge in [0.25, 0.3) is 0 Å². The number of carbonyl (C=O) groups excluding carboxylic acids is 2. The standard InChI is InChI=1S/C21H30ClN3O4/c1-17-15-18(4-5-19(17)22)29-12-2-3-20(26)24-6-8-25(9-7-24)21(27)16-23-10-13-28-14-11-23/h4-5,15H,2-3,6-14,16H2,1H3. The molecule has 2 aliphatic heterocycles. The zero-order chi connectivity index (χ0) is 20.6. The molecule has 0 saturated carbocycles. The molecule has 1 aromatic carbocycles. The van der Waals surface area contributed by atoms with Crippen molar-refractivity contribution < 1.29 is 19.1 Å². The van der Waals surface area contributed by atoms with Crippen LogP contribution in [0.3, 0.4) is 0 Å². The molecule has 0 N–H and O–H groups in total. The van der Waals surface area contributed by atoms with Crippen LogP contribution in [-0.4, -0.2) is 92.1 Å². The largest absolute Gasteiger partial charge is 0.494 e. The molecule has 0 bridgehead atoms. The summed E-state index contributed by atoms with van der Waals surface area (Å²) in [5.41, 5.74) is 0.973. The minimum absolute atomic E-state index is 0.126. The van der Waals surface area contributed by atoms with Crippen molar-refractivity contribution in [2.24, 2.45) is 0 Å². The number of hydrogen-bond acceptors (Lipinski definition) is 5. The highest BCUT2D eigenvalue weighted by Gasteiger charge is 2.25. The van der Waals surface area contributed by atoms with Crippen molar-refractivity contribution >= 4 is 23.4 Å². The Kier molecular flexibility index (Phi) is 8.15. The van der Waals surface area contributed by atoms with Crippen molar-refractivity contribution in [2.45, 2.75) is 19.8 Å². The summed E-state index contributed by atoms with van der Waals surface area (Å²) in [5.74, 6) is 1.04. The van der Waals surface area contributed by atoms with E-state index in [9.17, 15) is 9.59 Å². The maximum atomic E-state index is 12.4. The van der Waals surface area contributed by atoms with Crippen molar-refractivity contribution in [3.8, 4) is 5.75 Å². The summed E-state index contributed by atoms with van der Waals surface area (Å²) in [6.07, 6.45) is 1.12. The average Bonchev–Trinajstić information content (AvgIpc) is 2.74. The molecule has 160 valence electrons. The maximum absolute atomic E-state index is 12.4. The van der Waals surface area contributed by atoms with Crippen LogP contribution in [0.4, 0.5) is 0 Å². The first-order chi connectivity index (χ1) is 14.0. The van der Waals surface area contributed by atoms with Crippen molar-refractivity contribution in [3.63, 3.8) is 0 Å². The SMILES string of the molecule is Cc1cc(OCCCC(=O)N2CCN(C(=O)CN3CCOCC3)CC2)ccc1Cl. The van der Waals surface area contributed by atoms with Gasteiger partial charge in [-0.2, -0.15) is 0 Å². The van der Waals surface area contributed by atoms with E-state index in [1.165, 1.54) is 0 Å². The summed E-state index contributed by atoms with van der Waals surface area (Å²) >= 11 is 6.01. The maximum Gasteiger partial charge on any atom is 0.236 e. The van der Waals surface area contributed by atoms with E-state index in [1.54, 1.807) is 0 Å². The van der Waals surface area contributed by atoms with Gasteiger partial charge in [0.05, 0.1) is 26.4 Å². The molecule has 7 nitrogen and oxygen atoms in total. The summed E-state index contributed by atoms with van der Waals surface area (Å²) in [6, 6.07) is 5.55. The molecule has 2 saturated heterocycles. The molecule has 0 aromatic heterocycles. The summed E-state index contributed by atoms with van der Waals surface area (Å²) in [7, 11) is 0. The summed E-state index contributed by atoms with van der Waals surface area (Å²) < 4.78 is 11.0. The van der Waals surface area contributed by atoms with Crippen LogP contribution in [0.1, 0.15) is 18.4 Å². The molecule has 0 atom stereocenters. The molecule has 0 spiro atoms. The van der Waals surface area contributed by atoms with Gasteiger partial charge < -0.3 is 19.3 Å². The number of rotatable bonds is 7. The Labute approximate surface area is 177 Å². The van der Waals surface area contributed by atoms with Gasteiger partial charge in [0.15, 0.2) is 0 Å². The van der Waals surface area contributed by atoms with Gasteiger partial charge in [-0.3, -0.25) is 14.5 Å². The zero-order valence-electron chi connectivity index (χ0n) is 17.1. The van der Waals surface area contributed by atoms with E-state index < -0.39 is 0 Å². The number of hydrogen-bond donors (Lipinski definition) is 0. The van der Waals surface area contributed by atoms with Crippen molar-refractivity contribution in [3.05, 3.63) is 28.8 Å². The third-order valence-electron chi connectivity index (χ3n) is 5.38. The third-order valence-corrected chi connectivity index (χ3v) is 5.80. The lowest BCUT2D eigenvalue weighted by Gasteiger charge is -2.36. The van der Waals surface area contributed by atoms with Crippen molar-refractivity contribution in [1.29, 1.82) is 0 Å². The number of carbonyl (C=O) groups is 2. The highest BCUT2D eigenvalue weighted by Crippen LogP contribution is 2.21. The molecule has 8 heteroatoms. The second kappa shape index (κ2) is 10.8. The Bertz CT molecular complexity index is 701. The van der Waals surface area contributed by atoms with Crippen LogP contribution in [0, 0.1) is 6.92 Å². The number of nitrogens with zero attached hydrogens (tertiary/aromatic N) is 3. The lowest BCUT2D eigenvalue weighted by atomic mass is 10.2. The monoisotopic (exact) mass is 423 g/mol. The molecule has 0 radical (unpaired) electrons. The average molecular weight is 424 g/mol. The van der Waals surface area contributed by atoms with Gasteiger partial charge in [-0.1, -0.05) is 11.6 Å². The van der Waals surface area contributed by atoms with Crippen LogP contribution in [-0.2, 0) is 14.3 Å². The quantitative estimate of drug-likeness (QED) is 0.626. The molecule has 2 fully saturated rings. The predicted molar refractivity (Wildman–Crippen MR) is 111 cm³/mol. The molecule has 0 unspecified atom stereocenters.